The highest BCUT2D eigenvalue weighted by atomic mass is 16.3. The number of phenols is 1. The Morgan fingerprint density at radius 3 is 2.56 bits per heavy atom. The molecule has 1 aromatic carbocycles. The Kier molecular flexibility index (Phi) is 6.08. The Balaban J connectivity index is 1.84. The molecular weight excluding hydrogens is 320 g/mol. The average molecular weight is 342 g/mol. The maximum atomic E-state index is 12.0. The van der Waals surface area contributed by atoms with Crippen molar-refractivity contribution >= 4 is 11.8 Å². The summed E-state index contributed by atoms with van der Waals surface area (Å²) in [7, 11) is 0. The molecule has 0 saturated carbocycles. The van der Waals surface area contributed by atoms with Gasteiger partial charge in [0.2, 0.25) is 0 Å². The molecule has 132 valence electrons. The Morgan fingerprint density at radius 2 is 1.92 bits per heavy atom. The quantitative estimate of drug-likeness (QED) is 0.325. The maximum Gasteiger partial charge on any atom is 0.326 e. The molecule has 1 aromatic heterocycles. The van der Waals surface area contributed by atoms with Gasteiger partial charge in [0, 0.05) is 30.4 Å². The number of carbonyl (C=O) groups excluding carboxylic acids is 2. The van der Waals surface area contributed by atoms with Crippen molar-refractivity contribution in [3.8, 4) is 5.75 Å². The number of aryl methyl sites for hydroxylation is 2. The number of carbonyl (C=O) groups is 2. The zero-order chi connectivity index (χ0) is 18.4. The number of aromatic nitrogens is 1. The smallest absolute Gasteiger partial charge is 0.326 e. The van der Waals surface area contributed by atoms with Crippen molar-refractivity contribution < 1.29 is 14.7 Å². The van der Waals surface area contributed by atoms with Gasteiger partial charge in [-0.1, -0.05) is 18.2 Å². The molecule has 0 unspecified atom stereocenters. The van der Waals surface area contributed by atoms with Crippen LogP contribution in [0.1, 0.15) is 22.4 Å². The van der Waals surface area contributed by atoms with E-state index >= 15 is 0 Å². The fourth-order valence-electron chi connectivity index (χ4n) is 2.22. The number of nitrogens with one attached hydrogen (secondary N) is 1. The van der Waals surface area contributed by atoms with E-state index in [1.54, 1.807) is 24.4 Å². The number of hydrogen-bond acceptors (Lipinski definition) is 5. The predicted octanol–water partition coefficient (Wildman–Crippen LogP) is 0.965. The van der Waals surface area contributed by atoms with Crippen molar-refractivity contribution in [3.63, 3.8) is 0 Å². The lowest BCUT2D eigenvalue weighted by molar-refractivity contribution is -0.146. The van der Waals surface area contributed by atoms with Gasteiger partial charge in [-0.05, 0) is 37.1 Å². The zero-order valence-corrected chi connectivity index (χ0v) is 14.3. The van der Waals surface area contributed by atoms with Crippen LogP contribution in [0.15, 0.2) is 36.5 Å². The largest absolute Gasteiger partial charge is 0.508 e. The minimum atomic E-state index is -0.864. The lowest BCUT2D eigenvalue weighted by atomic mass is 10.1. The highest BCUT2D eigenvalue weighted by Gasteiger charge is 2.20. The molecule has 7 heteroatoms. The second kappa shape index (κ2) is 8.25. The van der Waals surface area contributed by atoms with E-state index in [0.29, 0.717) is 12.0 Å². The SMILES string of the molecule is Cc1ccc(CCNC(=O)C(=O)N(N)Cc2ccc(C)cc2O)nc1. The number of hydrogen-bond donors (Lipinski definition) is 3. The van der Waals surface area contributed by atoms with Crippen molar-refractivity contribution in [3.05, 3.63) is 58.9 Å². The fraction of sp³-hybridized carbons (Fsp3) is 0.278. The molecule has 0 fully saturated rings. The highest BCUT2D eigenvalue weighted by Crippen LogP contribution is 2.19. The first-order valence-corrected chi connectivity index (χ1v) is 7.91. The standard InChI is InChI=1S/C18H22N4O3/c1-12-3-5-14(16(23)9-12)11-22(19)18(25)17(24)20-8-7-15-6-4-13(2)10-21-15/h3-6,9-10,23H,7-8,11,19H2,1-2H3,(H,20,24). The minimum absolute atomic E-state index is 0.0362. The Hall–Kier alpha value is -2.93. The number of nitrogens with zero attached hydrogens (tertiary/aromatic N) is 2. The number of nitrogens with two attached hydrogens (primary N) is 1. The highest BCUT2D eigenvalue weighted by molar-refractivity contribution is 6.34. The number of phenolic OH excluding ortho intramolecular Hbond substituents is 1. The summed E-state index contributed by atoms with van der Waals surface area (Å²) in [6.07, 6.45) is 2.26. The van der Waals surface area contributed by atoms with Gasteiger partial charge in [-0.2, -0.15) is 0 Å². The number of benzene rings is 1. The Labute approximate surface area is 146 Å². The summed E-state index contributed by atoms with van der Waals surface area (Å²) >= 11 is 0. The molecule has 2 amide bonds. The molecule has 4 N–H and O–H groups in total. The van der Waals surface area contributed by atoms with Crippen molar-refractivity contribution in [1.29, 1.82) is 0 Å². The van der Waals surface area contributed by atoms with Gasteiger partial charge in [0.1, 0.15) is 5.75 Å². The molecule has 0 aliphatic heterocycles. The van der Waals surface area contributed by atoms with Crippen LogP contribution in [-0.2, 0) is 22.6 Å². The van der Waals surface area contributed by atoms with E-state index in [4.69, 9.17) is 5.84 Å². The molecule has 0 radical (unpaired) electrons. The van der Waals surface area contributed by atoms with Crippen molar-refractivity contribution in [2.24, 2.45) is 5.84 Å². The molecule has 0 bridgehead atoms. The maximum absolute atomic E-state index is 12.0. The van der Waals surface area contributed by atoms with Crippen LogP contribution < -0.4 is 11.2 Å². The summed E-state index contributed by atoms with van der Waals surface area (Å²) in [5.41, 5.74) is 3.24. The van der Waals surface area contributed by atoms with E-state index in [1.165, 1.54) is 0 Å². The summed E-state index contributed by atoms with van der Waals surface area (Å²) in [5.74, 6) is 4.04. The number of hydrazine groups is 1. The summed E-state index contributed by atoms with van der Waals surface area (Å²) in [6, 6.07) is 8.84. The third-order valence-electron chi connectivity index (χ3n) is 3.68. The number of aromatic hydroxyl groups is 1. The van der Waals surface area contributed by atoms with Crippen LogP contribution >= 0.6 is 0 Å². The number of amides is 2. The van der Waals surface area contributed by atoms with Gasteiger partial charge < -0.3 is 10.4 Å². The van der Waals surface area contributed by atoms with E-state index in [2.05, 4.69) is 10.3 Å². The molecule has 0 aliphatic carbocycles. The van der Waals surface area contributed by atoms with E-state index in [1.807, 2.05) is 26.0 Å². The first kappa shape index (κ1) is 18.4. The normalized spacial score (nSPS) is 10.4. The number of pyridine rings is 1. The third kappa shape index (κ3) is 5.29. The van der Waals surface area contributed by atoms with Gasteiger partial charge in [-0.15, -0.1) is 0 Å². The van der Waals surface area contributed by atoms with Crippen LogP contribution in [0, 0.1) is 13.8 Å². The van der Waals surface area contributed by atoms with E-state index in [0.717, 1.165) is 21.8 Å². The molecule has 2 rings (SSSR count). The lowest BCUT2D eigenvalue weighted by Gasteiger charge is -2.17. The first-order chi connectivity index (χ1) is 11.9. The van der Waals surface area contributed by atoms with Crippen molar-refractivity contribution in [1.82, 2.24) is 15.3 Å². The van der Waals surface area contributed by atoms with E-state index in [9.17, 15) is 14.7 Å². The fourth-order valence-corrected chi connectivity index (χ4v) is 2.22. The molecule has 25 heavy (non-hydrogen) atoms. The van der Waals surface area contributed by atoms with E-state index in [-0.39, 0.29) is 18.8 Å². The summed E-state index contributed by atoms with van der Waals surface area (Å²) in [5, 5.41) is 13.2. The van der Waals surface area contributed by atoms with Crippen LogP contribution in [0.5, 0.6) is 5.75 Å². The predicted molar refractivity (Wildman–Crippen MR) is 93.3 cm³/mol. The van der Waals surface area contributed by atoms with Crippen LogP contribution in [0.4, 0.5) is 0 Å². The minimum Gasteiger partial charge on any atom is -0.508 e. The second-order valence-electron chi connectivity index (χ2n) is 5.90. The van der Waals surface area contributed by atoms with Gasteiger partial charge >= 0.3 is 11.8 Å². The van der Waals surface area contributed by atoms with Gasteiger partial charge in [0.25, 0.3) is 0 Å². The van der Waals surface area contributed by atoms with Crippen LogP contribution in [0.2, 0.25) is 0 Å². The monoisotopic (exact) mass is 342 g/mol. The molecule has 2 aromatic rings. The van der Waals surface area contributed by atoms with Gasteiger partial charge in [-0.25, -0.2) is 5.84 Å². The molecule has 0 spiro atoms. The number of rotatable bonds is 5. The van der Waals surface area contributed by atoms with Gasteiger partial charge in [0.15, 0.2) is 0 Å². The third-order valence-corrected chi connectivity index (χ3v) is 3.68. The molecule has 0 saturated heterocycles. The lowest BCUT2D eigenvalue weighted by Crippen LogP contribution is -2.46. The topological polar surface area (TPSA) is 109 Å². The summed E-state index contributed by atoms with van der Waals surface area (Å²) in [6.45, 7) is 4.01. The second-order valence-corrected chi connectivity index (χ2v) is 5.90. The van der Waals surface area contributed by atoms with Crippen LogP contribution in [0.3, 0.4) is 0 Å². The molecule has 0 aliphatic rings. The first-order valence-electron chi connectivity index (χ1n) is 7.91. The summed E-state index contributed by atoms with van der Waals surface area (Å²) in [4.78, 5) is 28.1. The van der Waals surface area contributed by atoms with Gasteiger partial charge in [0.05, 0.1) is 6.54 Å². The van der Waals surface area contributed by atoms with Crippen LogP contribution in [0.25, 0.3) is 0 Å². The van der Waals surface area contributed by atoms with Crippen LogP contribution in [-0.4, -0.2) is 33.5 Å². The molecular formula is C18H22N4O3. The molecule has 7 nitrogen and oxygen atoms in total. The zero-order valence-electron chi connectivity index (χ0n) is 14.3. The Bertz CT molecular complexity index is 759. The molecule has 0 atom stereocenters. The Morgan fingerprint density at radius 1 is 1.20 bits per heavy atom. The van der Waals surface area contributed by atoms with Gasteiger partial charge in [-0.3, -0.25) is 19.6 Å². The summed E-state index contributed by atoms with van der Waals surface area (Å²) < 4.78 is 0. The van der Waals surface area contributed by atoms with E-state index < -0.39 is 11.8 Å². The van der Waals surface area contributed by atoms with Crippen molar-refractivity contribution in [2.75, 3.05) is 6.54 Å². The average Bonchev–Trinajstić information content (AvgIpc) is 2.58. The van der Waals surface area contributed by atoms with Crippen molar-refractivity contribution in [2.45, 2.75) is 26.8 Å². The molecule has 1 heterocycles.